The topological polar surface area (TPSA) is 57.7 Å². The summed E-state index contributed by atoms with van der Waals surface area (Å²) >= 11 is 11.9. The number of amides is 3. The smallest absolute Gasteiger partial charge is 0.262 e. The van der Waals surface area contributed by atoms with E-state index in [4.69, 9.17) is 23.2 Å². The van der Waals surface area contributed by atoms with Gasteiger partial charge in [0.25, 0.3) is 11.8 Å². The molecule has 0 spiro atoms. The number of carbonyl (C=O) groups is 3. The molecule has 0 N–H and O–H groups in total. The number of benzene rings is 2. The molecule has 0 bridgehead atoms. The van der Waals surface area contributed by atoms with E-state index in [1.54, 1.807) is 7.05 Å². The summed E-state index contributed by atoms with van der Waals surface area (Å²) in [4.78, 5) is 39.9. The number of hydrogen-bond donors (Lipinski definition) is 0. The van der Waals surface area contributed by atoms with Crippen LogP contribution in [0.4, 0.5) is 0 Å². The molecule has 3 rings (SSSR count). The molecule has 0 saturated carbocycles. The zero-order chi connectivity index (χ0) is 19.0. The number of fused-ring (bicyclic) bond motifs is 1. The summed E-state index contributed by atoms with van der Waals surface area (Å²) in [5.41, 5.74) is 2.40. The monoisotopic (exact) mass is 390 g/mol. The van der Waals surface area contributed by atoms with Crippen LogP contribution < -0.4 is 0 Å². The fraction of sp³-hybridized carbons (Fsp3) is 0.211. The van der Waals surface area contributed by atoms with E-state index >= 15 is 0 Å². The van der Waals surface area contributed by atoms with Crippen molar-refractivity contribution in [3.8, 4) is 0 Å². The van der Waals surface area contributed by atoms with Crippen LogP contribution in [0, 0.1) is 6.92 Å². The molecule has 0 aliphatic carbocycles. The van der Waals surface area contributed by atoms with Gasteiger partial charge in [-0.3, -0.25) is 19.3 Å². The first-order valence-electron chi connectivity index (χ1n) is 7.93. The maximum atomic E-state index is 12.5. The van der Waals surface area contributed by atoms with E-state index in [2.05, 4.69) is 0 Å². The Balaban J connectivity index is 1.75. The summed E-state index contributed by atoms with van der Waals surface area (Å²) in [6.07, 6.45) is 0. The molecule has 2 aromatic rings. The van der Waals surface area contributed by atoms with Crippen molar-refractivity contribution in [1.82, 2.24) is 9.80 Å². The molecule has 1 aliphatic rings. The highest BCUT2D eigenvalue weighted by molar-refractivity contribution is 6.43. The van der Waals surface area contributed by atoms with Gasteiger partial charge in [-0.05, 0) is 30.2 Å². The van der Waals surface area contributed by atoms with Gasteiger partial charge < -0.3 is 4.90 Å². The number of rotatable bonds is 4. The Kier molecular flexibility index (Phi) is 5.03. The largest absolute Gasteiger partial charge is 0.340 e. The van der Waals surface area contributed by atoms with Gasteiger partial charge in [-0.25, -0.2) is 0 Å². The molecule has 5 nitrogen and oxygen atoms in total. The predicted molar refractivity (Wildman–Crippen MR) is 99.5 cm³/mol. The Morgan fingerprint density at radius 1 is 1.04 bits per heavy atom. The van der Waals surface area contributed by atoms with Crippen molar-refractivity contribution in [2.24, 2.45) is 0 Å². The fourth-order valence-corrected chi connectivity index (χ4v) is 3.14. The van der Waals surface area contributed by atoms with Crippen molar-refractivity contribution in [1.29, 1.82) is 0 Å². The van der Waals surface area contributed by atoms with E-state index < -0.39 is 11.8 Å². The fourth-order valence-electron chi connectivity index (χ4n) is 2.81. The van der Waals surface area contributed by atoms with E-state index in [1.807, 2.05) is 31.2 Å². The summed E-state index contributed by atoms with van der Waals surface area (Å²) in [5.74, 6) is -1.41. The first kappa shape index (κ1) is 18.4. The maximum Gasteiger partial charge on any atom is 0.262 e. The summed E-state index contributed by atoms with van der Waals surface area (Å²) in [6.45, 7) is 2.03. The third-order valence-corrected chi connectivity index (χ3v) is 5.12. The molecule has 0 aromatic heterocycles. The lowest BCUT2D eigenvalue weighted by molar-refractivity contribution is -0.130. The van der Waals surface area contributed by atoms with Gasteiger partial charge in [0.2, 0.25) is 5.91 Å². The predicted octanol–water partition coefficient (Wildman–Crippen LogP) is 3.56. The molecule has 0 saturated heterocycles. The van der Waals surface area contributed by atoms with Crippen molar-refractivity contribution in [2.45, 2.75) is 13.5 Å². The number of likely N-dealkylation sites (N-methyl/N-ethyl adjacent to an activating group) is 1. The minimum Gasteiger partial charge on any atom is -0.340 e. The van der Waals surface area contributed by atoms with Gasteiger partial charge in [0, 0.05) is 13.6 Å². The van der Waals surface area contributed by atoms with Crippen molar-refractivity contribution in [2.75, 3.05) is 13.6 Å². The second-order valence-corrected chi connectivity index (χ2v) is 7.00. The molecular weight excluding hydrogens is 375 g/mol. The minimum absolute atomic E-state index is 0.166. The summed E-state index contributed by atoms with van der Waals surface area (Å²) in [7, 11) is 1.64. The molecule has 0 unspecified atom stereocenters. The molecule has 0 atom stereocenters. The van der Waals surface area contributed by atoms with E-state index in [-0.39, 0.29) is 33.6 Å². The van der Waals surface area contributed by atoms with Gasteiger partial charge in [-0.2, -0.15) is 0 Å². The first-order chi connectivity index (χ1) is 12.3. The van der Waals surface area contributed by atoms with Gasteiger partial charge in [0.15, 0.2) is 0 Å². The highest BCUT2D eigenvalue weighted by Crippen LogP contribution is 2.31. The molecule has 1 aliphatic heterocycles. The van der Waals surface area contributed by atoms with Crippen molar-refractivity contribution >= 4 is 40.9 Å². The van der Waals surface area contributed by atoms with Gasteiger partial charge in [-0.1, -0.05) is 47.5 Å². The first-order valence-corrected chi connectivity index (χ1v) is 8.69. The number of carbonyl (C=O) groups excluding carboxylic acids is 3. The Labute approximate surface area is 161 Å². The standard InChI is InChI=1S/C19H16Cl2N2O3/c1-11-5-3-4-6-12(11)9-22(2)17(24)10-23-18(25)13-7-15(20)16(21)8-14(13)19(23)26/h3-8H,9-10H2,1-2H3. The normalized spacial score (nSPS) is 13.2. The Bertz CT molecular complexity index is 886. The van der Waals surface area contributed by atoms with Gasteiger partial charge in [0.05, 0.1) is 21.2 Å². The lowest BCUT2D eigenvalue weighted by Crippen LogP contribution is -2.41. The van der Waals surface area contributed by atoms with Gasteiger partial charge in [-0.15, -0.1) is 0 Å². The van der Waals surface area contributed by atoms with E-state index in [9.17, 15) is 14.4 Å². The lowest BCUT2D eigenvalue weighted by Gasteiger charge is -2.21. The highest BCUT2D eigenvalue weighted by Gasteiger charge is 2.37. The van der Waals surface area contributed by atoms with Crippen LogP contribution in [0.15, 0.2) is 36.4 Å². The molecule has 7 heteroatoms. The van der Waals surface area contributed by atoms with Crippen LogP contribution in [-0.2, 0) is 11.3 Å². The van der Waals surface area contributed by atoms with Crippen LogP contribution in [0.2, 0.25) is 10.0 Å². The Morgan fingerprint density at radius 2 is 1.58 bits per heavy atom. The number of halogens is 2. The third kappa shape index (κ3) is 3.32. The summed E-state index contributed by atoms with van der Waals surface area (Å²) < 4.78 is 0. The van der Waals surface area contributed by atoms with Crippen LogP contribution >= 0.6 is 23.2 Å². The van der Waals surface area contributed by atoms with Crippen LogP contribution in [-0.4, -0.2) is 41.1 Å². The SMILES string of the molecule is Cc1ccccc1CN(C)C(=O)CN1C(=O)c2cc(Cl)c(Cl)cc2C1=O. The Hall–Kier alpha value is -2.37. The van der Waals surface area contributed by atoms with E-state index in [0.29, 0.717) is 6.54 Å². The van der Waals surface area contributed by atoms with Crippen LogP contribution in [0.1, 0.15) is 31.8 Å². The number of hydrogen-bond acceptors (Lipinski definition) is 3. The van der Waals surface area contributed by atoms with Gasteiger partial charge >= 0.3 is 0 Å². The zero-order valence-corrected chi connectivity index (χ0v) is 15.8. The second-order valence-electron chi connectivity index (χ2n) is 6.18. The van der Waals surface area contributed by atoms with Crippen LogP contribution in [0.3, 0.4) is 0 Å². The number of nitrogens with zero attached hydrogens (tertiary/aromatic N) is 2. The second kappa shape index (κ2) is 7.09. The molecule has 0 radical (unpaired) electrons. The Morgan fingerprint density at radius 3 is 2.12 bits per heavy atom. The molecule has 3 amide bonds. The zero-order valence-electron chi connectivity index (χ0n) is 14.3. The molecule has 0 fully saturated rings. The third-order valence-electron chi connectivity index (χ3n) is 4.40. The molecule has 1 heterocycles. The number of imide groups is 1. The van der Waals surface area contributed by atoms with Crippen molar-refractivity contribution < 1.29 is 14.4 Å². The number of aryl methyl sites for hydroxylation is 1. The van der Waals surface area contributed by atoms with E-state index in [1.165, 1.54) is 17.0 Å². The van der Waals surface area contributed by atoms with E-state index in [0.717, 1.165) is 16.0 Å². The molecule has 2 aromatic carbocycles. The molecular formula is C19H16Cl2N2O3. The summed E-state index contributed by atoms with van der Waals surface area (Å²) in [6, 6.07) is 10.5. The lowest BCUT2D eigenvalue weighted by atomic mass is 10.1. The van der Waals surface area contributed by atoms with Crippen molar-refractivity contribution in [3.63, 3.8) is 0 Å². The van der Waals surface area contributed by atoms with Crippen LogP contribution in [0.25, 0.3) is 0 Å². The minimum atomic E-state index is -0.541. The average Bonchev–Trinajstić information content (AvgIpc) is 2.82. The summed E-state index contributed by atoms with van der Waals surface area (Å²) in [5, 5.41) is 0.382. The quantitative estimate of drug-likeness (QED) is 0.749. The maximum absolute atomic E-state index is 12.5. The average molecular weight is 391 g/mol. The van der Waals surface area contributed by atoms with Gasteiger partial charge in [0.1, 0.15) is 6.54 Å². The molecule has 26 heavy (non-hydrogen) atoms. The van der Waals surface area contributed by atoms with Crippen LogP contribution in [0.5, 0.6) is 0 Å². The molecule has 134 valence electrons. The van der Waals surface area contributed by atoms with Crippen molar-refractivity contribution in [3.05, 3.63) is 68.7 Å². The highest BCUT2D eigenvalue weighted by atomic mass is 35.5.